The maximum atomic E-state index is 14.4. The summed E-state index contributed by atoms with van der Waals surface area (Å²) in [5, 5.41) is 3.20. The average molecular weight is 789 g/mol. The number of aromatic amines is 2. The van der Waals surface area contributed by atoms with Crippen molar-refractivity contribution in [3.05, 3.63) is 190 Å². The molecule has 5 aromatic carbocycles. The molecule has 0 saturated heterocycles. The number of nitrogens with one attached hydrogen (secondary N) is 2. The first-order valence-corrected chi connectivity index (χ1v) is 20.2. The van der Waals surface area contributed by atoms with Gasteiger partial charge in [-0.05, 0) is 57.2 Å². The molecule has 0 bridgehead atoms. The van der Waals surface area contributed by atoms with Gasteiger partial charge in [0.25, 0.3) is 0 Å². The fraction of sp³-hybridized carbons (Fsp3) is 0.115. The minimum Gasteiger partial charge on any atom is -0.490 e. The molecule has 9 rings (SSSR count). The van der Waals surface area contributed by atoms with Gasteiger partial charge in [-0.1, -0.05) is 110 Å². The Hall–Kier alpha value is -7.58. The number of benzene rings is 5. The average Bonchev–Trinajstić information content (AvgIpc) is 3.77. The highest BCUT2D eigenvalue weighted by Gasteiger charge is 2.22. The Labute approximate surface area is 347 Å². The summed E-state index contributed by atoms with van der Waals surface area (Å²) < 4.78 is 17.2. The molecule has 0 aliphatic carbocycles. The van der Waals surface area contributed by atoms with Crippen molar-refractivity contribution >= 4 is 44.9 Å². The van der Waals surface area contributed by atoms with Gasteiger partial charge in [0.15, 0.2) is 0 Å². The summed E-state index contributed by atoms with van der Waals surface area (Å²) in [6.07, 6.45) is 12.8. The zero-order valence-corrected chi connectivity index (χ0v) is 33.7. The smallest absolute Gasteiger partial charge is 0.213 e. The molecule has 0 aliphatic rings. The fourth-order valence-electron chi connectivity index (χ4n) is 8.53. The first kappa shape index (κ1) is 38.0. The number of aromatic nitrogens is 4. The largest absolute Gasteiger partial charge is 0.490 e. The second-order valence-electron chi connectivity index (χ2n) is 15.0. The number of rotatable bonds is 12. The number of nitrogens with zero attached hydrogens (tertiary/aromatic N) is 2. The molecular weight excluding hydrogens is 745 g/mol. The van der Waals surface area contributed by atoms with Gasteiger partial charge in [-0.15, -0.1) is 0 Å². The minimum absolute atomic E-state index is 0.111. The number of fused-ring (bicyclic) bond motifs is 4. The second-order valence-corrected chi connectivity index (χ2v) is 15.0. The lowest BCUT2D eigenvalue weighted by molar-refractivity contribution is 0.131. The summed E-state index contributed by atoms with van der Waals surface area (Å²) in [6.45, 7) is 10.1. The number of H-pyrrole nitrogens is 2. The minimum atomic E-state index is -0.290. The van der Waals surface area contributed by atoms with E-state index in [1.54, 1.807) is 30.9 Å². The zero-order valence-electron chi connectivity index (χ0n) is 33.7. The van der Waals surface area contributed by atoms with Gasteiger partial charge in [0, 0.05) is 64.1 Å². The van der Waals surface area contributed by atoms with E-state index in [1.807, 2.05) is 145 Å². The number of para-hydroxylation sites is 5. The molecule has 2 atom stereocenters. The predicted octanol–water partition coefficient (Wildman–Crippen LogP) is 11.7. The third-order valence-corrected chi connectivity index (χ3v) is 11.1. The molecule has 0 saturated carbocycles. The van der Waals surface area contributed by atoms with E-state index in [4.69, 9.17) is 9.47 Å². The standard InChI is InChI=1S/C52H44N4O4/c1-5-17-35-36-18-7-12-23-44(36)55(43(35)6-2)47-31-53-29-41(51(47)57)39-21-10-15-26-49(39)59-33(3)28-34(4)60-50-27-16-11-22-40(50)42-30-54-32-48(52(42)58)56-45-24-13-8-19-37(45)38-20-9-14-25-46(38)56/h5-27,29-34H,2,28H2,1,3-4H3,(H,53,57)(H,54,58)/b17-5-/t33-,34?/m0/s1. The molecule has 4 aromatic heterocycles. The third-order valence-electron chi connectivity index (χ3n) is 11.1. The Balaban J connectivity index is 0.983. The van der Waals surface area contributed by atoms with E-state index in [-0.39, 0.29) is 23.1 Å². The molecule has 0 fully saturated rings. The summed E-state index contributed by atoms with van der Waals surface area (Å²) in [6, 6.07) is 39.6. The van der Waals surface area contributed by atoms with E-state index < -0.39 is 0 Å². The lowest BCUT2D eigenvalue weighted by Gasteiger charge is -2.23. The van der Waals surface area contributed by atoms with E-state index in [1.165, 1.54) is 0 Å². The Morgan fingerprint density at radius 3 is 1.50 bits per heavy atom. The first-order chi connectivity index (χ1) is 29.4. The van der Waals surface area contributed by atoms with Crippen molar-refractivity contribution < 1.29 is 9.47 Å². The van der Waals surface area contributed by atoms with Crippen molar-refractivity contribution in [2.45, 2.75) is 39.4 Å². The van der Waals surface area contributed by atoms with Crippen LogP contribution in [0.3, 0.4) is 0 Å². The number of allylic oxidation sites excluding steroid dienone is 1. The Bertz CT molecular complexity index is 3160. The number of hydrogen-bond acceptors (Lipinski definition) is 4. The van der Waals surface area contributed by atoms with E-state index in [2.05, 4.69) is 34.7 Å². The van der Waals surface area contributed by atoms with E-state index in [0.29, 0.717) is 51.5 Å². The molecule has 60 heavy (non-hydrogen) atoms. The third kappa shape index (κ3) is 6.62. The highest BCUT2D eigenvalue weighted by molar-refractivity contribution is 6.09. The monoisotopic (exact) mass is 788 g/mol. The van der Waals surface area contributed by atoms with Crippen molar-refractivity contribution in [1.29, 1.82) is 0 Å². The van der Waals surface area contributed by atoms with Crippen LogP contribution in [-0.2, 0) is 0 Å². The lowest BCUT2D eigenvalue weighted by Crippen LogP contribution is -2.23. The molecule has 8 nitrogen and oxygen atoms in total. The molecule has 0 aliphatic heterocycles. The lowest BCUT2D eigenvalue weighted by atomic mass is 10.0. The van der Waals surface area contributed by atoms with Crippen molar-refractivity contribution in [3.63, 3.8) is 0 Å². The summed E-state index contributed by atoms with van der Waals surface area (Å²) in [7, 11) is 0. The fourth-order valence-corrected chi connectivity index (χ4v) is 8.53. The zero-order chi connectivity index (χ0) is 41.3. The Morgan fingerprint density at radius 2 is 1.00 bits per heavy atom. The van der Waals surface area contributed by atoms with Crippen LogP contribution in [-0.4, -0.2) is 31.3 Å². The molecule has 0 spiro atoms. The van der Waals surface area contributed by atoms with Gasteiger partial charge in [-0.2, -0.15) is 0 Å². The van der Waals surface area contributed by atoms with Gasteiger partial charge >= 0.3 is 0 Å². The van der Waals surface area contributed by atoms with Gasteiger partial charge in [-0.3, -0.25) is 9.59 Å². The van der Waals surface area contributed by atoms with Crippen molar-refractivity contribution in [2.24, 2.45) is 0 Å². The first-order valence-electron chi connectivity index (χ1n) is 20.2. The van der Waals surface area contributed by atoms with E-state index in [9.17, 15) is 9.59 Å². The van der Waals surface area contributed by atoms with Crippen LogP contribution in [0.25, 0.3) is 78.5 Å². The summed E-state index contributed by atoms with van der Waals surface area (Å²) in [5.74, 6) is 1.18. The van der Waals surface area contributed by atoms with Crippen LogP contribution >= 0.6 is 0 Å². The molecule has 2 N–H and O–H groups in total. The van der Waals surface area contributed by atoms with Gasteiger partial charge in [0.05, 0.1) is 45.6 Å². The Morgan fingerprint density at radius 1 is 0.567 bits per heavy atom. The summed E-state index contributed by atoms with van der Waals surface area (Å²) >= 11 is 0. The van der Waals surface area contributed by atoms with Crippen molar-refractivity contribution in [3.8, 4) is 45.1 Å². The van der Waals surface area contributed by atoms with Gasteiger partial charge in [0.1, 0.15) is 22.9 Å². The second kappa shape index (κ2) is 16.0. The maximum absolute atomic E-state index is 14.4. The van der Waals surface area contributed by atoms with Gasteiger partial charge in [0.2, 0.25) is 10.9 Å². The van der Waals surface area contributed by atoms with Crippen LogP contribution < -0.4 is 20.3 Å². The van der Waals surface area contributed by atoms with Crippen molar-refractivity contribution in [2.75, 3.05) is 0 Å². The van der Waals surface area contributed by atoms with Crippen LogP contribution in [0.4, 0.5) is 0 Å². The summed E-state index contributed by atoms with van der Waals surface area (Å²) in [5.41, 5.74) is 7.81. The number of hydrogen-bond donors (Lipinski definition) is 2. The maximum Gasteiger partial charge on any atom is 0.213 e. The SMILES string of the molecule is C=Cc1c(/C=C\C)c2ccccc2n1-c1c[nH]cc(-c2ccccc2O[C@@H](C)CC(C)Oc2ccccc2-c2c[nH]cc(-n3c4ccccc4c4ccccc43)c2=O)c1=O. The van der Waals surface area contributed by atoms with Crippen molar-refractivity contribution in [1.82, 2.24) is 19.1 Å². The summed E-state index contributed by atoms with van der Waals surface area (Å²) in [4.78, 5) is 35.4. The molecule has 1 unspecified atom stereocenters. The van der Waals surface area contributed by atoms with Crippen LogP contribution in [0.1, 0.15) is 38.4 Å². The highest BCUT2D eigenvalue weighted by Crippen LogP contribution is 2.35. The van der Waals surface area contributed by atoms with E-state index >= 15 is 0 Å². The molecule has 0 radical (unpaired) electrons. The quantitative estimate of drug-likeness (QED) is 0.129. The molecule has 296 valence electrons. The van der Waals surface area contributed by atoms with E-state index in [0.717, 1.165) is 44.0 Å². The van der Waals surface area contributed by atoms with Crippen LogP contribution in [0.15, 0.2) is 168 Å². The normalized spacial score (nSPS) is 12.7. The van der Waals surface area contributed by atoms with Crippen LogP contribution in [0.5, 0.6) is 11.5 Å². The molecule has 4 heterocycles. The van der Waals surface area contributed by atoms with Gasteiger partial charge in [-0.25, -0.2) is 0 Å². The molecule has 0 amide bonds. The molecule has 8 heteroatoms. The number of pyridine rings is 2. The number of ether oxygens (including phenoxy) is 2. The predicted molar refractivity (Wildman–Crippen MR) is 246 cm³/mol. The molecule has 9 aromatic rings. The van der Waals surface area contributed by atoms with Crippen LogP contribution in [0.2, 0.25) is 0 Å². The Kier molecular flexibility index (Phi) is 10.1. The molecular formula is C52H44N4O4. The van der Waals surface area contributed by atoms with Crippen LogP contribution in [0, 0.1) is 0 Å². The van der Waals surface area contributed by atoms with Gasteiger partial charge < -0.3 is 28.6 Å². The highest BCUT2D eigenvalue weighted by atomic mass is 16.5. The topological polar surface area (TPSA) is 94.0 Å².